The first-order valence-corrected chi connectivity index (χ1v) is 10.3. The van der Waals surface area contributed by atoms with E-state index in [0.717, 1.165) is 11.1 Å². The van der Waals surface area contributed by atoms with E-state index < -0.39 is 10.0 Å². The minimum absolute atomic E-state index is 0.167. The first-order valence-electron chi connectivity index (χ1n) is 8.79. The summed E-state index contributed by atoms with van der Waals surface area (Å²) in [7, 11) is -2.12. The van der Waals surface area contributed by atoms with E-state index in [1.807, 2.05) is 30.3 Å². The van der Waals surface area contributed by atoms with Gasteiger partial charge in [-0.25, -0.2) is 8.42 Å². The highest BCUT2D eigenvalue weighted by atomic mass is 32.2. The van der Waals surface area contributed by atoms with Crippen molar-refractivity contribution in [3.8, 4) is 5.75 Å². The number of hydrogen-bond acceptors (Lipinski definition) is 5. The number of nitrogens with zero attached hydrogens (tertiary/aromatic N) is 2. The monoisotopic (exact) mass is 401 g/mol. The summed E-state index contributed by atoms with van der Waals surface area (Å²) in [5, 5.41) is 4.22. The van der Waals surface area contributed by atoms with Gasteiger partial charge in [-0.2, -0.15) is 5.10 Å². The molecule has 3 aromatic rings. The van der Waals surface area contributed by atoms with Crippen LogP contribution >= 0.6 is 0 Å². The fourth-order valence-corrected chi connectivity index (χ4v) is 3.79. The molecule has 0 amide bonds. The van der Waals surface area contributed by atoms with Crippen LogP contribution in [0.5, 0.6) is 5.75 Å². The Balaban J connectivity index is 1.69. The Morgan fingerprint density at radius 2 is 1.89 bits per heavy atom. The Labute approximate surface area is 165 Å². The predicted octanol–water partition coefficient (Wildman–Crippen LogP) is 3.07. The first kappa shape index (κ1) is 19.9. The zero-order valence-corrected chi connectivity index (χ0v) is 16.6. The van der Waals surface area contributed by atoms with Crippen LogP contribution in [-0.2, 0) is 21.3 Å². The first-order chi connectivity index (χ1) is 13.5. The molecule has 1 aromatic heterocycles. The summed E-state index contributed by atoms with van der Waals surface area (Å²) >= 11 is 0. The molecule has 28 heavy (non-hydrogen) atoms. The van der Waals surface area contributed by atoms with Gasteiger partial charge in [-0.05, 0) is 36.2 Å². The topological polar surface area (TPSA) is 82.4 Å². The maximum Gasteiger partial charge on any atom is 0.262 e. The van der Waals surface area contributed by atoms with Crippen molar-refractivity contribution < 1.29 is 17.9 Å². The van der Waals surface area contributed by atoms with E-state index in [1.165, 1.54) is 12.3 Å². The van der Waals surface area contributed by atoms with Crippen LogP contribution in [0, 0.1) is 6.92 Å². The fraction of sp³-hybridized carbons (Fsp3) is 0.250. The number of hydrogen-bond donors (Lipinski definition) is 1. The lowest BCUT2D eigenvalue weighted by Crippen LogP contribution is -2.13. The van der Waals surface area contributed by atoms with Crippen molar-refractivity contribution in [1.82, 2.24) is 9.78 Å². The molecule has 0 aliphatic carbocycles. The molecule has 0 aliphatic heterocycles. The van der Waals surface area contributed by atoms with Gasteiger partial charge < -0.3 is 9.47 Å². The Hall–Kier alpha value is -2.84. The molecule has 2 aromatic carbocycles. The van der Waals surface area contributed by atoms with E-state index in [1.54, 1.807) is 37.0 Å². The maximum atomic E-state index is 12.7. The van der Waals surface area contributed by atoms with Gasteiger partial charge in [0.2, 0.25) is 0 Å². The van der Waals surface area contributed by atoms with E-state index in [2.05, 4.69) is 9.82 Å². The molecule has 0 atom stereocenters. The van der Waals surface area contributed by atoms with Crippen molar-refractivity contribution in [2.75, 3.05) is 25.0 Å². The van der Waals surface area contributed by atoms with Crippen LogP contribution in [0.15, 0.2) is 65.8 Å². The SMILES string of the molecule is COCCOc1ccc(S(=O)(=O)Nc2cnn(Cc3ccccc3)c2)cc1C. The summed E-state index contributed by atoms with van der Waals surface area (Å²) in [6.07, 6.45) is 3.16. The average Bonchev–Trinajstić information content (AvgIpc) is 3.10. The van der Waals surface area contributed by atoms with Gasteiger partial charge in [0.1, 0.15) is 12.4 Å². The molecule has 0 saturated heterocycles. The molecule has 0 saturated carbocycles. The van der Waals surface area contributed by atoms with Crippen molar-refractivity contribution in [3.05, 3.63) is 72.1 Å². The molecular weight excluding hydrogens is 378 g/mol. The second kappa shape index (κ2) is 8.90. The minimum atomic E-state index is -3.72. The van der Waals surface area contributed by atoms with Crippen molar-refractivity contribution >= 4 is 15.7 Å². The highest BCUT2D eigenvalue weighted by Crippen LogP contribution is 2.23. The summed E-state index contributed by atoms with van der Waals surface area (Å²) in [6, 6.07) is 14.6. The molecule has 0 fully saturated rings. The molecule has 148 valence electrons. The van der Waals surface area contributed by atoms with Gasteiger partial charge in [0, 0.05) is 13.3 Å². The molecule has 0 spiro atoms. The van der Waals surface area contributed by atoms with Gasteiger partial charge in [0.25, 0.3) is 10.0 Å². The molecular formula is C20H23N3O4S. The van der Waals surface area contributed by atoms with Gasteiger partial charge in [-0.15, -0.1) is 0 Å². The van der Waals surface area contributed by atoms with E-state index in [0.29, 0.717) is 31.2 Å². The van der Waals surface area contributed by atoms with Crippen molar-refractivity contribution in [3.63, 3.8) is 0 Å². The molecule has 0 aliphatic rings. The molecule has 0 radical (unpaired) electrons. The van der Waals surface area contributed by atoms with Gasteiger partial charge in [0.05, 0.1) is 29.9 Å². The molecule has 7 nitrogen and oxygen atoms in total. The zero-order valence-electron chi connectivity index (χ0n) is 15.8. The van der Waals surface area contributed by atoms with Gasteiger partial charge in [-0.3, -0.25) is 9.40 Å². The summed E-state index contributed by atoms with van der Waals surface area (Å²) in [5.41, 5.74) is 2.23. The number of methoxy groups -OCH3 is 1. The third kappa shape index (κ3) is 5.11. The number of rotatable bonds is 9. The van der Waals surface area contributed by atoms with Gasteiger partial charge in [0.15, 0.2) is 0 Å². The molecule has 1 N–H and O–H groups in total. The lowest BCUT2D eigenvalue weighted by molar-refractivity contribution is 0.146. The molecule has 3 rings (SSSR count). The number of anilines is 1. The summed E-state index contributed by atoms with van der Waals surface area (Å²) in [4.78, 5) is 0.167. The van der Waals surface area contributed by atoms with Crippen LogP contribution in [-0.4, -0.2) is 38.5 Å². The largest absolute Gasteiger partial charge is 0.491 e. The number of aryl methyl sites for hydroxylation is 1. The highest BCUT2D eigenvalue weighted by Gasteiger charge is 2.17. The average molecular weight is 401 g/mol. The Kier molecular flexibility index (Phi) is 6.33. The second-order valence-corrected chi connectivity index (χ2v) is 7.97. The minimum Gasteiger partial charge on any atom is -0.491 e. The third-order valence-corrected chi connectivity index (χ3v) is 5.45. The number of ether oxygens (including phenoxy) is 2. The summed E-state index contributed by atoms with van der Waals surface area (Å²) < 4.78 is 40.1. The van der Waals surface area contributed by atoms with Crippen molar-refractivity contribution in [2.45, 2.75) is 18.4 Å². The number of benzene rings is 2. The standard InChI is InChI=1S/C20H23N3O4S/c1-16-12-19(8-9-20(16)27-11-10-26-2)28(24,25)22-18-13-21-23(15-18)14-17-6-4-3-5-7-17/h3-9,12-13,15,22H,10-11,14H2,1-2H3. The van der Waals surface area contributed by atoms with Gasteiger partial charge >= 0.3 is 0 Å². The van der Waals surface area contributed by atoms with E-state index in [9.17, 15) is 8.42 Å². The van der Waals surface area contributed by atoms with Crippen LogP contribution in [0.2, 0.25) is 0 Å². The molecule has 0 bridgehead atoms. The highest BCUT2D eigenvalue weighted by molar-refractivity contribution is 7.92. The van der Waals surface area contributed by atoms with Crippen LogP contribution in [0.1, 0.15) is 11.1 Å². The van der Waals surface area contributed by atoms with Crippen molar-refractivity contribution in [1.29, 1.82) is 0 Å². The number of sulfonamides is 1. The second-order valence-electron chi connectivity index (χ2n) is 6.29. The Bertz CT molecular complexity index is 1020. The Morgan fingerprint density at radius 1 is 1.11 bits per heavy atom. The number of aromatic nitrogens is 2. The number of nitrogens with one attached hydrogen (secondary N) is 1. The lowest BCUT2D eigenvalue weighted by Gasteiger charge is -2.11. The molecule has 0 unspecified atom stereocenters. The van der Waals surface area contributed by atoms with E-state index in [4.69, 9.17) is 9.47 Å². The normalized spacial score (nSPS) is 11.4. The summed E-state index contributed by atoms with van der Waals surface area (Å²) in [6.45, 7) is 3.24. The maximum absolute atomic E-state index is 12.7. The van der Waals surface area contributed by atoms with Gasteiger partial charge in [-0.1, -0.05) is 30.3 Å². The smallest absolute Gasteiger partial charge is 0.262 e. The quantitative estimate of drug-likeness (QED) is 0.557. The van der Waals surface area contributed by atoms with Crippen LogP contribution in [0.25, 0.3) is 0 Å². The Morgan fingerprint density at radius 3 is 2.61 bits per heavy atom. The van der Waals surface area contributed by atoms with Crippen LogP contribution < -0.4 is 9.46 Å². The fourth-order valence-electron chi connectivity index (χ4n) is 2.67. The van der Waals surface area contributed by atoms with Crippen molar-refractivity contribution in [2.24, 2.45) is 0 Å². The van der Waals surface area contributed by atoms with E-state index >= 15 is 0 Å². The zero-order chi connectivity index (χ0) is 20.0. The van der Waals surface area contributed by atoms with Crippen LogP contribution in [0.4, 0.5) is 5.69 Å². The molecule has 8 heteroatoms. The summed E-state index contributed by atoms with van der Waals surface area (Å²) in [5.74, 6) is 0.631. The predicted molar refractivity (Wildman–Crippen MR) is 107 cm³/mol. The molecule has 1 heterocycles. The van der Waals surface area contributed by atoms with E-state index in [-0.39, 0.29) is 4.90 Å². The lowest BCUT2D eigenvalue weighted by atomic mass is 10.2. The third-order valence-electron chi connectivity index (χ3n) is 4.07. The van der Waals surface area contributed by atoms with Crippen LogP contribution in [0.3, 0.4) is 0 Å².